The molecule has 4 unspecified atom stereocenters. The van der Waals surface area contributed by atoms with Crippen molar-refractivity contribution in [1.82, 2.24) is 10.2 Å². The van der Waals surface area contributed by atoms with E-state index in [1.807, 2.05) is 0 Å². The van der Waals surface area contributed by atoms with Gasteiger partial charge in [0.25, 0.3) is 0 Å². The lowest BCUT2D eigenvalue weighted by Gasteiger charge is -2.45. The number of hydrogen-bond acceptors (Lipinski definition) is 3. The third kappa shape index (κ3) is 3.37. The van der Waals surface area contributed by atoms with Crippen LogP contribution < -0.4 is 5.32 Å². The lowest BCUT2D eigenvalue weighted by atomic mass is 9.88. The van der Waals surface area contributed by atoms with Crippen LogP contribution in [0, 0.1) is 5.92 Å². The number of rotatable bonds is 3. The van der Waals surface area contributed by atoms with Gasteiger partial charge >= 0.3 is 0 Å². The van der Waals surface area contributed by atoms with E-state index in [1.165, 1.54) is 64.3 Å². The summed E-state index contributed by atoms with van der Waals surface area (Å²) < 4.78 is 6.02. The molecule has 3 rings (SSSR count). The minimum absolute atomic E-state index is 0.538. The second kappa shape index (κ2) is 7.24. The van der Waals surface area contributed by atoms with Crippen molar-refractivity contribution in [2.75, 3.05) is 26.7 Å². The van der Waals surface area contributed by atoms with Crippen LogP contribution in [-0.2, 0) is 4.74 Å². The highest BCUT2D eigenvalue weighted by molar-refractivity contribution is 4.90. The van der Waals surface area contributed by atoms with Crippen molar-refractivity contribution < 1.29 is 4.74 Å². The molecular formula is C17H32N2O. The van der Waals surface area contributed by atoms with Crippen molar-refractivity contribution in [3.05, 3.63) is 0 Å². The van der Waals surface area contributed by atoms with Gasteiger partial charge in [0.15, 0.2) is 0 Å². The second-order valence-electron chi connectivity index (χ2n) is 7.05. The van der Waals surface area contributed by atoms with Crippen molar-refractivity contribution >= 4 is 0 Å². The number of nitrogens with zero attached hydrogens (tertiary/aromatic N) is 1. The molecule has 0 aromatic heterocycles. The van der Waals surface area contributed by atoms with Gasteiger partial charge in [-0.05, 0) is 38.6 Å². The SMILES string of the molecule is CNC1CCCCCC1CN1CCOC2CCCCC21. The topological polar surface area (TPSA) is 24.5 Å². The molecule has 2 saturated carbocycles. The first-order valence-electron chi connectivity index (χ1n) is 8.91. The Morgan fingerprint density at radius 3 is 2.70 bits per heavy atom. The summed E-state index contributed by atoms with van der Waals surface area (Å²) in [5.74, 6) is 0.850. The average Bonchev–Trinajstić information content (AvgIpc) is 2.72. The largest absolute Gasteiger partial charge is 0.375 e. The van der Waals surface area contributed by atoms with Gasteiger partial charge in [0.05, 0.1) is 12.7 Å². The van der Waals surface area contributed by atoms with Crippen LogP contribution in [-0.4, -0.2) is 49.8 Å². The van der Waals surface area contributed by atoms with Crippen molar-refractivity contribution in [2.24, 2.45) is 5.92 Å². The Kier molecular flexibility index (Phi) is 5.36. The van der Waals surface area contributed by atoms with E-state index in [-0.39, 0.29) is 0 Å². The summed E-state index contributed by atoms with van der Waals surface area (Å²) in [6.45, 7) is 3.42. The molecule has 0 radical (unpaired) electrons. The van der Waals surface area contributed by atoms with Crippen LogP contribution in [0.1, 0.15) is 57.8 Å². The third-order valence-electron chi connectivity index (χ3n) is 5.85. The quantitative estimate of drug-likeness (QED) is 0.805. The standard InChI is InChI=1S/C17H32N2O/c1-18-15-8-4-2-3-7-14(15)13-19-11-12-20-17-10-6-5-9-16(17)19/h14-18H,2-13H2,1H3. The van der Waals surface area contributed by atoms with Crippen LogP contribution in [0.25, 0.3) is 0 Å². The molecule has 2 aliphatic carbocycles. The normalized spacial score (nSPS) is 40.0. The fourth-order valence-electron chi connectivity index (χ4n) is 4.69. The number of nitrogens with one attached hydrogen (secondary N) is 1. The van der Waals surface area contributed by atoms with Crippen LogP contribution >= 0.6 is 0 Å². The molecule has 3 nitrogen and oxygen atoms in total. The molecule has 1 N–H and O–H groups in total. The summed E-state index contributed by atoms with van der Waals surface area (Å²) in [6, 6.07) is 1.46. The van der Waals surface area contributed by atoms with E-state index in [2.05, 4.69) is 17.3 Å². The molecule has 0 bridgehead atoms. The van der Waals surface area contributed by atoms with Crippen LogP contribution in [0.4, 0.5) is 0 Å². The molecule has 3 aliphatic rings. The van der Waals surface area contributed by atoms with Crippen LogP contribution in [0.2, 0.25) is 0 Å². The fraction of sp³-hybridized carbons (Fsp3) is 1.00. The van der Waals surface area contributed by atoms with E-state index in [1.54, 1.807) is 0 Å². The van der Waals surface area contributed by atoms with E-state index >= 15 is 0 Å². The zero-order chi connectivity index (χ0) is 13.8. The van der Waals surface area contributed by atoms with Crippen molar-refractivity contribution in [1.29, 1.82) is 0 Å². The molecule has 0 aromatic rings. The van der Waals surface area contributed by atoms with Gasteiger partial charge in [-0.15, -0.1) is 0 Å². The zero-order valence-electron chi connectivity index (χ0n) is 13.2. The van der Waals surface area contributed by atoms with E-state index < -0.39 is 0 Å². The Morgan fingerprint density at radius 1 is 1.00 bits per heavy atom. The number of morpholine rings is 1. The maximum absolute atomic E-state index is 6.02. The molecule has 0 spiro atoms. The van der Waals surface area contributed by atoms with Crippen molar-refractivity contribution in [2.45, 2.75) is 76.0 Å². The predicted octanol–water partition coefficient (Wildman–Crippen LogP) is 2.80. The lowest BCUT2D eigenvalue weighted by molar-refractivity contribution is -0.0933. The van der Waals surface area contributed by atoms with Gasteiger partial charge in [0.2, 0.25) is 0 Å². The Morgan fingerprint density at radius 2 is 1.80 bits per heavy atom. The van der Waals surface area contributed by atoms with E-state index in [0.717, 1.165) is 31.2 Å². The fourth-order valence-corrected chi connectivity index (χ4v) is 4.69. The molecule has 0 aromatic carbocycles. The molecule has 1 saturated heterocycles. The van der Waals surface area contributed by atoms with Crippen molar-refractivity contribution in [3.63, 3.8) is 0 Å². The predicted molar refractivity (Wildman–Crippen MR) is 83.0 cm³/mol. The molecule has 3 heteroatoms. The smallest absolute Gasteiger partial charge is 0.0730 e. The molecule has 0 amide bonds. The third-order valence-corrected chi connectivity index (χ3v) is 5.85. The highest BCUT2D eigenvalue weighted by atomic mass is 16.5. The van der Waals surface area contributed by atoms with Crippen LogP contribution in [0.3, 0.4) is 0 Å². The highest BCUT2D eigenvalue weighted by Gasteiger charge is 2.36. The maximum Gasteiger partial charge on any atom is 0.0730 e. The molecular weight excluding hydrogens is 248 g/mol. The first kappa shape index (κ1) is 14.8. The second-order valence-corrected chi connectivity index (χ2v) is 7.05. The van der Waals surface area contributed by atoms with E-state index in [9.17, 15) is 0 Å². The highest BCUT2D eigenvalue weighted by Crippen LogP contribution is 2.31. The summed E-state index contributed by atoms with van der Waals surface area (Å²) >= 11 is 0. The first-order chi connectivity index (χ1) is 9.88. The van der Waals surface area contributed by atoms with Gasteiger partial charge in [0.1, 0.15) is 0 Å². The molecule has 4 atom stereocenters. The minimum Gasteiger partial charge on any atom is -0.375 e. The average molecular weight is 280 g/mol. The van der Waals surface area contributed by atoms with Gasteiger partial charge in [-0.3, -0.25) is 4.90 Å². The summed E-state index contributed by atoms with van der Waals surface area (Å²) in [4.78, 5) is 2.79. The molecule has 116 valence electrons. The summed E-state index contributed by atoms with van der Waals surface area (Å²) in [6.07, 6.45) is 13.0. The molecule has 3 fully saturated rings. The Balaban J connectivity index is 1.62. The van der Waals surface area contributed by atoms with Gasteiger partial charge in [-0.25, -0.2) is 0 Å². The van der Waals surface area contributed by atoms with Gasteiger partial charge in [0, 0.05) is 25.2 Å². The number of fused-ring (bicyclic) bond motifs is 1. The molecule has 1 heterocycles. The Labute approximate surface area is 124 Å². The summed E-state index contributed by atoms with van der Waals surface area (Å²) in [7, 11) is 2.16. The maximum atomic E-state index is 6.02. The lowest BCUT2D eigenvalue weighted by Crippen LogP contribution is -2.55. The first-order valence-corrected chi connectivity index (χ1v) is 8.91. The zero-order valence-corrected chi connectivity index (χ0v) is 13.2. The van der Waals surface area contributed by atoms with Crippen LogP contribution in [0.15, 0.2) is 0 Å². The summed E-state index contributed by atoms with van der Waals surface area (Å²) in [5, 5.41) is 3.60. The molecule has 20 heavy (non-hydrogen) atoms. The summed E-state index contributed by atoms with van der Waals surface area (Å²) in [5.41, 5.74) is 0. The van der Waals surface area contributed by atoms with Crippen LogP contribution in [0.5, 0.6) is 0 Å². The van der Waals surface area contributed by atoms with Crippen molar-refractivity contribution in [3.8, 4) is 0 Å². The number of hydrogen-bond donors (Lipinski definition) is 1. The molecule has 1 aliphatic heterocycles. The van der Waals surface area contributed by atoms with E-state index in [4.69, 9.17) is 4.74 Å². The minimum atomic E-state index is 0.538. The Bertz CT molecular complexity index is 295. The van der Waals surface area contributed by atoms with Gasteiger partial charge in [-0.1, -0.05) is 32.1 Å². The number of ether oxygens (including phenoxy) is 1. The van der Waals surface area contributed by atoms with E-state index in [0.29, 0.717) is 6.10 Å². The monoisotopic (exact) mass is 280 g/mol. The van der Waals surface area contributed by atoms with Gasteiger partial charge in [-0.2, -0.15) is 0 Å². The Hall–Kier alpha value is -0.120. The van der Waals surface area contributed by atoms with Gasteiger partial charge < -0.3 is 10.1 Å².